The Bertz CT molecular complexity index is 774. The van der Waals surface area contributed by atoms with Crippen molar-refractivity contribution in [1.29, 1.82) is 0 Å². The number of rotatable bonds is 3. The first-order chi connectivity index (χ1) is 10.1. The molecule has 1 aromatic carbocycles. The van der Waals surface area contributed by atoms with E-state index >= 15 is 0 Å². The highest BCUT2D eigenvalue weighted by atomic mass is 15.2. The molecule has 3 rings (SSSR count). The topological polar surface area (TPSA) is 42.7 Å². The Labute approximate surface area is 124 Å². The third-order valence-electron chi connectivity index (χ3n) is 4.05. The molecule has 0 aliphatic rings. The zero-order valence-corrected chi connectivity index (χ0v) is 12.9. The lowest BCUT2D eigenvalue weighted by Crippen LogP contribution is -2.09. The van der Waals surface area contributed by atoms with Crippen molar-refractivity contribution in [2.45, 2.75) is 26.8 Å². The number of nitrogens with one attached hydrogen (secondary N) is 1. The zero-order valence-electron chi connectivity index (χ0n) is 12.9. The van der Waals surface area contributed by atoms with Crippen molar-refractivity contribution in [3.05, 3.63) is 53.5 Å². The highest BCUT2D eigenvalue weighted by Gasteiger charge is 2.14. The van der Waals surface area contributed by atoms with Crippen LogP contribution in [0.5, 0.6) is 0 Å². The second-order valence-electron chi connectivity index (χ2n) is 5.52. The molecule has 0 spiro atoms. The van der Waals surface area contributed by atoms with Crippen LogP contribution in [-0.4, -0.2) is 14.8 Å². The van der Waals surface area contributed by atoms with Crippen LogP contribution in [0, 0.1) is 13.8 Å². The van der Waals surface area contributed by atoms with E-state index < -0.39 is 0 Å². The van der Waals surface area contributed by atoms with Gasteiger partial charge < -0.3 is 9.88 Å². The van der Waals surface area contributed by atoms with Crippen LogP contribution in [0.1, 0.15) is 29.9 Å². The van der Waals surface area contributed by atoms with Crippen molar-refractivity contribution < 1.29 is 0 Å². The first-order valence-electron chi connectivity index (χ1n) is 7.18. The highest BCUT2D eigenvalue weighted by molar-refractivity contribution is 5.95. The molecule has 108 valence electrons. The normalized spacial score (nSPS) is 12.6. The highest BCUT2D eigenvalue weighted by Crippen LogP contribution is 2.29. The predicted molar refractivity (Wildman–Crippen MR) is 86.5 cm³/mol. The van der Waals surface area contributed by atoms with E-state index in [1.807, 2.05) is 13.0 Å². The molecule has 21 heavy (non-hydrogen) atoms. The number of nitrogens with zero attached hydrogens (tertiary/aromatic N) is 3. The van der Waals surface area contributed by atoms with Gasteiger partial charge in [-0.1, -0.05) is 30.3 Å². The molecule has 2 aromatic heterocycles. The fourth-order valence-electron chi connectivity index (χ4n) is 2.73. The summed E-state index contributed by atoms with van der Waals surface area (Å²) in [5.41, 5.74) is 3.43. The van der Waals surface area contributed by atoms with Gasteiger partial charge in [0.25, 0.3) is 0 Å². The van der Waals surface area contributed by atoms with Crippen LogP contribution >= 0.6 is 0 Å². The fourth-order valence-corrected chi connectivity index (χ4v) is 2.73. The van der Waals surface area contributed by atoms with E-state index in [4.69, 9.17) is 0 Å². The Morgan fingerprint density at radius 2 is 1.81 bits per heavy atom. The Morgan fingerprint density at radius 1 is 1.10 bits per heavy atom. The summed E-state index contributed by atoms with van der Waals surface area (Å²) in [4.78, 5) is 0. The van der Waals surface area contributed by atoms with E-state index in [2.05, 4.69) is 71.4 Å². The molecule has 4 nitrogen and oxygen atoms in total. The second kappa shape index (κ2) is 5.20. The quantitative estimate of drug-likeness (QED) is 0.794. The van der Waals surface area contributed by atoms with E-state index in [0.717, 1.165) is 16.9 Å². The summed E-state index contributed by atoms with van der Waals surface area (Å²) < 4.78 is 2.12. The second-order valence-corrected chi connectivity index (χ2v) is 5.52. The van der Waals surface area contributed by atoms with Gasteiger partial charge in [0.2, 0.25) is 0 Å². The van der Waals surface area contributed by atoms with Gasteiger partial charge >= 0.3 is 0 Å². The molecule has 0 saturated carbocycles. The first-order valence-corrected chi connectivity index (χ1v) is 7.18. The first kappa shape index (κ1) is 13.6. The summed E-state index contributed by atoms with van der Waals surface area (Å²) >= 11 is 0. The standard InChI is InChI=1S/C17H20N4/c1-11(14-8-6-5-7-9-14)18-17-15-10-21(4)13(3)16(15)12(2)19-20-17/h5-11H,1-4H3,(H,18,20). The third kappa shape index (κ3) is 2.37. The monoisotopic (exact) mass is 280 g/mol. The molecule has 1 N–H and O–H groups in total. The molecule has 0 saturated heterocycles. The molecule has 0 aliphatic carbocycles. The Hall–Kier alpha value is -2.36. The lowest BCUT2D eigenvalue weighted by atomic mass is 10.1. The molecular formula is C17H20N4. The molecule has 0 fully saturated rings. The maximum Gasteiger partial charge on any atom is 0.158 e. The Morgan fingerprint density at radius 3 is 2.52 bits per heavy atom. The van der Waals surface area contributed by atoms with Gasteiger partial charge in [-0.3, -0.25) is 0 Å². The number of hydrogen-bond donors (Lipinski definition) is 1. The van der Waals surface area contributed by atoms with E-state index in [-0.39, 0.29) is 6.04 Å². The van der Waals surface area contributed by atoms with E-state index in [1.54, 1.807) is 0 Å². The molecule has 2 heterocycles. The van der Waals surface area contributed by atoms with Gasteiger partial charge in [-0.15, -0.1) is 5.10 Å². The molecule has 0 radical (unpaired) electrons. The van der Waals surface area contributed by atoms with Crippen LogP contribution in [0.2, 0.25) is 0 Å². The number of benzene rings is 1. The van der Waals surface area contributed by atoms with Gasteiger partial charge in [-0.2, -0.15) is 5.10 Å². The lowest BCUT2D eigenvalue weighted by Gasteiger charge is -2.15. The third-order valence-corrected chi connectivity index (χ3v) is 4.05. The van der Waals surface area contributed by atoms with Gasteiger partial charge in [-0.25, -0.2) is 0 Å². The molecule has 0 aliphatic heterocycles. The molecule has 3 aromatic rings. The minimum absolute atomic E-state index is 0.187. The van der Waals surface area contributed by atoms with E-state index in [1.165, 1.54) is 16.6 Å². The van der Waals surface area contributed by atoms with Crippen molar-refractivity contribution >= 4 is 16.6 Å². The maximum absolute atomic E-state index is 4.35. The van der Waals surface area contributed by atoms with E-state index in [9.17, 15) is 0 Å². The summed E-state index contributed by atoms with van der Waals surface area (Å²) in [5.74, 6) is 0.843. The number of fused-ring (bicyclic) bond motifs is 1. The fraction of sp³-hybridized carbons (Fsp3) is 0.294. The summed E-state index contributed by atoms with van der Waals surface area (Å²) in [6.45, 7) is 6.26. The largest absolute Gasteiger partial charge is 0.361 e. The number of anilines is 1. The van der Waals surface area contributed by atoms with Gasteiger partial charge in [-0.05, 0) is 26.3 Å². The summed E-state index contributed by atoms with van der Waals surface area (Å²) in [6.07, 6.45) is 2.12. The van der Waals surface area contributed by atoms with Crippen molar-refractivity contribution in [2.24, 2.45) is 7.05 Å². The van der Waals surface area contributed by atoms with Crippen molar-refractivity contribution in [3.63, 3.8) is 0 Å². The summed E-state index contributed by atoms with van der Waals surface area (Å²) in [7, 11) is 2.05. The van der Waals surface area contributed by atoms with Crippen LogP contribution < -0.4 is 5.32 Å². The van der Waals surface area contributed by atoms with Crippen LogP contribution in [0.3, 0.4) is 0 Å². The molecule has 1 unspecified atom stereocenters. The Kier molecular flexibility index (Phi) is 3.37. The van der Waals surface area contributed by atoms with Crippen LogP contribution in [0.25, 0.3) is 10.8 Å². The molecule has 0 amide bonds. The van der Waals surface area contributed by atoms with Gasteiger partial charge in [0.15, 0.2) is 5.82 Å². The van der Waals surface area contributed by atoms with Crippen LogP contribution in [0.4, 0.5) is 5.82 Å². The number of aromatic nitrogens is 3. The van der Waals surface area contributed by atoms with Crippen molar-refractivity contribution in [2.75, 3.05) is 5.32 Å². The van der Waals surface area contributed by atoms with Gasteiger partial charge in [0.05, 0.1) is 11.7 Å². The predicted octanol–water partition coefficient (Wildman–Crippen LogP) is 3.76. The number of aryl methyl sites for hydroxylation is 3. The lowest BCUT2D eigenvalue weighted by molar-refractivity contribution is 0.862. The minimum atomic E-state index is 0.187. The van der Waals surface area contributed by atoms with Gasteiger partial charge in [0.1, 0.15) is 0 Å². The van der Waals surface area contributed by atoms with Crippen molar-refractivity contribution in [1.82, 2.24) is 14.8 Å². The Balaban J connectivity index is 2.02. The van der Waals surface area contributed by atoms with Gasteiger partial charge in [0, 0.05) is 29.7 Å². The molecule has 4 heteroatoms. The minimum Gasteiger partial charge on any atom is -0.361 e. The zero-order chi connectivity index (χ0) is 15.0. The number of hydrogen-bond acceptors (Lipinski definition) is 3. The average Bonchev–Trinajstić information content (AvgIpc) is 2.80. The maximum atomic E-state index is 4.35. The molecular weight excluding hydrogens is 260 g/mol. The van der Waals surface area contributed by atoms with Crippen molar-refractivity contribution in [3.8, 4) is 0 Å². The van der Waals surface area contributed by atoms with Crippen LogP contribution in [0.15, 0.2) is 36.5 Å². The van der Waals surface area contributed by atoms with E-state index in [0.29, 0.717) is 0 Å². The summed E-state index contributed by atoms with van der Waals surface area (Å²) in [6, 6.07) is 10.6. The average molecular weight is 280 g/mol. The van der Waals surface area contributed by atoms with Crippen LogP contribution in [-0.2, 0) is 7.05 Å². The SMILES string of the molecule is Cc1nnc(NC(C)c2ccccc2)c2cn(C)c(C)c12. The molecule has 0 bridgehead atoms. The molecule has 1 atom stereocenters. The smallest absolute Gasteiger partial charge is 0.158 e. The summed E-state index contributed by atoms with van der Waals surface area (Å²) in [5, 5.41) is 14.5.